The Morgan fingerprint density at radius 1 is 0.757 bits per heavy atom. The number of halogens is 2. The maximum absolute atomic E-state index is 15.7. The summed E-state index contributed by atoms with van der Waals surface area (Å²) >= 11 is 0. The molecule has 3 aromatic rings. The molecule has 10 rings (SSSR count). The third-order valence-electron chi connectivity index (χ3n) is 17.1. The first-order valence-electron chi connectivity index (χ1n) is 27.3. The van der Waals surface area contributed by atoms with Crippen LogP contribution in [0.1, 0.15) is 112 Å². The first-order chi connectivity index (χ1) is 35.7. The number of hydrogen-bond donors (Lipinski definition) is 3. The number of rotatable bonds is 15. The molecule has 0 aliphatic carbocycles. The van der Waals surface area contributed by atoms with Crippen LogP contribution in [0, 0.1) is 23.0 Å². The van der Waals surface area contributed by atoms with E-state index in [1.807, 2.05) is 23.1 Å². The highest BCUT2D eigenvalue weighted by molar-refractivity contribution is 6.05. The molecule has 8 heterocycles. The summed E-state index contributed by atoms with van der Waals surface area (Å²) in [6, 6.07) is 9.91. The van der Waals surface area contributed by atoms with E-state index in [4.69, 9.17) is 0 Å². The summed E-state index contributed by atoms with van der Waals surface area (Å²) in [6.07, 6.45) is 10.7. The lowest BCUT2D eigenvalue weighted by molar-refractivity contribution is -0.137. The molecular formula is C55H74F2N12O5. The summed E-state index contributed by atoms with van der Waals surface area (Å²) in [4.78, 5) is 87.2. The number of piperidine rings is 4. The highest BCUT2D eigenvalue weighted by Gasteiger charge is 2.43. The van der Waals surface area contributed by atoms with Gasteiger partial charge < -0.3 is 35.1 Å². The Hall–Kier alpha value is -5.95. The molecule has 0 bridgehead atoms. The first-order valence-corrected chi connectivity index (χ1v) is 27.3. The van der Waals surface area contributed by atoms with E-state index in [2.05, 4.69) is 65.4 Å². The van der Waals surface area contributed by atoms with E-state index in [-0.39, 0.29) is 47.7 Å². The number of carbonyl (C=O) groups is 5. The molecule has 74 heavy (non-hydrogen) atoms. The topological polar surface area (TPSA) is 170 Å². The average molecular weight is 1020 g/mol. The minimum atomic E-state index is -0.614. The third-order valence-corrected chi connectivity index (χ3v) is 17.1. The van der Waals surface area contributed by atoms with Gasteiger partial charge in [-0.15, -0.1) is 0 Å². The van der Waals surface area contributed by atoms with Crippen molar-refractivity contribution < 1.29 is 32.8 Å². The monoisotopic (exact) mass is 1020 g/mol. The van der Waals surface area contributed by atoms with Gasteiger partial charge >= 0.3 is 0 Å². The number of aromatic nitrogens is 2. The Bertz CT molecular complexity index is 2570. The number of hydrogen-bond acceptors (Lipinski definition) is 13. The minimum absolute atomic E-state index is 0.0218. The van der Waals surface area contributed by atoms with Gasteiger partial charge in [-0.25, -0.2) is 18.7 Å². The van der Waals surface area contributed by atoms with Crippen LogP contribution in [0.15, 0.2) is 42.7 Å². The molecule has 6 fully saturated rings. The summed E-state index contributed by atoms with van der Waals surface area (Å²) in [5.41, 5.74) is 2.85. The van der Waals surface area contributed by atoms with Crippen molar-refractivity contribution in [3.63, 3.8) is 0 Å². The molecule has 6 saturated heterocycles. The standard InChI is InChI=1S/C55H74F2N12O5/c1-54(2)13-20-63(21-14-54)33-40-29-44(57)46(30-43(40)56)68-35-50(71)62-55(36-68)15-22-66(23-16-55)48-31-47(59-37-60-48)58-17-5-3-4-6-51(72)67-18-11-38(12-19-67)32-64-24-26-65(27-25-64)41-7-8-42-39(28-41)34-69(53(42)74)45-9-10-49(70)61-52(45)73/h7-8,28-31,37-38,45H,3-6,9-27,32-36H2,1-2H3,(H,62,71)(H,58,59,60)(H,61,70,73). The molecule has 3 N–H and O–H groups in total. The van der Waals surface area contributed by atoms with Crippen molar-refractivity contribution in [1.82, 2.24) is 40.2 Å². The van der Waals surface area contributed by atoms with E-state index < -0.39 is 29.1 Å². The van der Waals surface area contributed by atoms with Gasteiger partial charge in [0.05, 0.1) is 17.8 Å². The number of likely N-dealkylation sites (tertiary alicyclic amines) is 2. The van der Waals surface area contributed by atoms with Crippen LogP contribution in [-0.2, 0) is 32.3 Å². The van der Waals surface area contributed by atoms with Crippen molar-refractivity contribution >= 4 is 52.5 Å². The maximum Gasteiger partial charge on any atom is 0.255 e. The summed E-state index contributed by atoms with van der Waals surface area (Å²) in [5.74, 6) is 0.384. The Morgan fingerprint density at radius 3 is 2.28 bits per heavy atom. The summed E-state index contributed by atoms with van der Waals surface area (Å²) < 4.78 is 31.2. The van der Waals surface area contributed by atoms with Gasteiger partial charge in [0.25, 0.3) is 5.91 Å². The lowest BCUT2D eigenvalue weighted by Gasteiger charge is -2.48. The van der Waals surface area contributed by atoms with Crippen LogP contribution in [0.3, 0.4) is 0 Å². The number of piperazine rings is 2. The zero-order valence-electron chi connectivity index (χ0n) is 43.3. The SMILES string of the molecule is CC1(C)CCN(Cc2cc(F)c(N3CC(=O)NC4(CCN(c5cc(NCCCCCC(=O)N6CCC(CN7CCN(c8ccc9c(c8)CN(C8CCC(=O)NC8=O)C9=O)CC7)CC6)ncn5)CC4)C3)cc2F)CC1. The predicted octanol–water partition coefficient (Wildman–Crippen LogP) is 5.15. The molecule has 7 aliphatic heterocycles. The number of unbranched alkanes of at least 4 members (excludes halogenated alkanes) is 2. The van der Waals surface area contributed by atoms with E-state index in [0.717, 1.165) is 133 Å². The minimum Gasteiger partial charge on any atom is -0.370 e. The van der Waals surface area contributed by atoms with Crippen molar-refractivity contribution in [2.75, 3.05) is 112 Å². The first kappa shape index (κ1) is 51.5. The molecule has 0 radical (unpaired) electrons. The number of amides is 5. The predicted molar refractivity (Wildman–Crippen MR) is 279 cm³/mol. The van der Waals surface area contributed by atoms with Gasteiger partial charge in [-0.05, 0) is 112 Å². The van der Waals surface area contributed by atoms with Crippen molar-refractivity contribution in [2.45, 2.75) is 116 Å². The molecule has 2 aromatic carbocycles. The molecule has 0 saturated carbocycles. The van der Waals surface area contributed by atoms with Crippen LogP contribution in [0.4, 0.5) is 31.8 Å². The second-order valence-corrected chi connectivity index (χ2v) is 22.9. The third kappa shape index (κ3) is 11.9. The fourth-order valence-electron chi connectivity index (χ4n) is 12.3. The lowest BCUT2D eigenvalue weighted by Crippen LogP contribution is -2.66. The molecule has 1 aromatic heterocycles. The Morgan fingerprint density at radius 2 is 1.53 bits per heavy atom. The zero-order chi connectivity index (χ0) is 51.6. The van der Waals surface area contributed by atoms with Crippen molar-refractivity contribution in [3.05, 3.63) is 71.1 Å². The van der Waals surface area contributed by atoms with Crippen LogP contribution in [0.25, 0.3) is 0 Å². The van der Waals surface area contributed by atoms with Crippen LogP contribution in [0.5, 0.6) is 0 Å². The molecule has 1 spiro atoms. The fourth-order valence-corrected chi connectivity index (χ4v) is 12.3. The van der Waals surface area contributed by atoms with E-state index >= 15 is 8.78 Å². The number of carbonyl (C=O) groups excluding carboxylic acids is 5. The Balaban J connectivity index is 0.599. The molecule has 5 amide bonds. The number of nitrogens with one attached hydrogen (secondary N) is 3. The Kier molecular flexibility index (Phi) is 15.4. The Labute approximate surface area is 433 Å². The van der Waals surface area contributed by atoms with Gasteiger partial charge in [0.1, 0.15) is 35.6 Å². The number of anilines is 4. The van der Waals surface area contributed by atoms with Gasteiger partial charge in [-0.3, -0.25) is 39.1 Å². The second kappa shape index (κ2) is 22.1. The molecule has 19 heteroatoms. The smallest absolute Gasteiger partial charge is 0.255 e. The largest absolute Gasteiger partial charge is 0.370 e. The van der Waals surface area contributed by atoms with Gasteiger partial charge in [0.15, 0.2) is 0 Å². The fraction of sp³-hybridized carbons (Fsp3) is 0.618. The van der Waals surface area contributed by atoms with E-state index in [1.165, 1.54) is 12.1 Å². The van der Waals surface area contributed by atoms with Gasteiger partial charge in [-0.2, -0.15) is 0 Å². The number of imide groups is 1. The van der Waals surface area contributed by atoms with Crippen LogP contribution in [0.2, 0.25) is 0 Å². The quantitative estimate of drug-likeness (QED) is 0.135. The molecular weight excluding hydrogens is 947 g/mol. The highest BCUT2D eigenvalue weighted by atomic mass is 19.1. The van der Waals surface area contributed by atoms with Gasteiger partial charge in [0.2, 0.25) is 23.6 Å². The van der Waals surface area contributed by atoms with Crippen LogP contribution < -0.4 is 30.7 Å². The molecule has 1 atom stereocenters. The molecule has 1 unspecified atom stereocenters. The van der Waals surface area contributed by atoms with Gasteiger partial charge in [0, 0.05) is 127 Å². The van der Waals surface area contributed by atoms with E-state index in [9.17, 15) is 24.0 Å². The lowest BCUT2D eigenvalue weighted by atomic mass is 9.82. The van der Waals surface area contributed by atoms with Crippen LogP contribution in [-0.4, -0.2) is 162 Å². The molecule has 398 valence electrons. The number of fused-ring (bicyclic) bond motifs is 1. The molecule has 17 nitrogen and oxygen atoms in total. The maximum atomic E-state index is 15.7. The van der Waals surface area contributed by atoms with Gasteiger partial charge in [-0.1, -0.05) is 20.3 Å². The van der Waals surface area contributed by atoms with E-state index in [1.54, 1.807) is 16.1 Å². The van der Waals surface area contributed by atoms with E-state index in [0.29, 0.717) is 75.5 Å². The van der Waals surface area contributed by atoms with Crippen LogP contribution >= 0.6 is 0 Å². The second-order valence-electron chi connectivity index (χ2n) is 22.9. The highest BCUT2D eigenvalue weighted by Crippen LogP contribution is 2.36. The summed E-state index contributed by atoms with van der Waals surface area (Å²) in [6.45, 7) is 15.7. The summed E-state index contributed by atoms with van der Waals surface area (Å²) in [5, 5.41) is 9.01. The average Bonchev–Trinajstić information content (AvgIpc) is 3.71. The summed E-state index contributed by atoms with van der Waals surface area (Å²) in [7, 11) is 0. The van der Waals surface area contributed by atoms with Crippen molar-refractivity contribution in [1.29, 1.82) is 0 Å². The van der Waals surface area contributed by atoms with Crippen molar-refractivity contribution in [2.24, 2.45) is 11.3 Å². The molecule has 7 aliphatic rings. The zero-order valence-corrected chi connectivity index (χ0v) is 43.3. The number of nitrogens with zero attached hydrogens (tertiary/aromatic N) is 9. The number of benzene rings is 2. The van der Waals surface area contributed by atoms with Crippen molar-refractivity contribution in [3.8, 4) is 0 Å². The normalized spacial score (nSPS) is 22.8.